The first kappa shape index (κ1) is 20.3. The number of rotatable bonds is 5. The van der Waals surface area contributed by atoms with E-state index in [1.807, 2.05) is 62.6 Å². The van der Waals surface area contributed by atoms with Gasteiger partial charge in [0.15, 0.2) is 5.65 Å². The summed E-state index contributed by atoms with van der Waals surface area (Å²) < 4.78 is 1.85. The third-order valence-electron chi connectivity index (χ3n) is 4.74. The maximum Gasteiger partial charge on any atom is 0.229 e. The van der Waals surface area contributed by atoms with E-state index in [-0.39, 0.29) is 17.9 Å². The van der Waals surface area contributed by atoms with Gasteiger partial charge in [0.25, 0.3) is 0 Å². The topological polar surface area (TPSA) is 80.0 Å². The van der Waals surface area contributed by atoms with E-state index < -0.39 is 5.60 Å². The zero-order valence-corrected chi connectivity index (χ0v) is 17.3. The highest BCUT2D eigenvalue weighted by atomic mass is 35.5. The van der Waals surface area contributed by atoms with E-state index in [1.165, 1.54) is 0 Å². The molecule has 0 spiro atoms. The van der Waals surface area contributed by atoms with Crippen molar-refractivity contribution in [3.8, 4) is 0 Å². The van der Waals surface area contributed by atoms with Crippen molar-refractivity contribution in [2.75, 3.05) is 5.32 Å². The number of aromatic nitrogens is 3. The average Bonchev–Trinajstić information content (AvgIpc) is 2.99. The van der Waals surface area contributed by atoms with Gasteiger partial charge in [0.05, 0.1) is 12.0 Å². The number of benzene rings is 1. The van der Waals surface area contributed by atoms with E-state index in [0.717, 1.165) is 0 Å². The van der Waals surface area contributed by atoms with Crippen molar-refractivity contribution in [3.63, 3.8) is 0 Å². The van der Waals surface area contributed by atoms with Gasteiger partial charge < -0.3 is 5.11 Å². The number of anilines is 1. The molecule has 1 aromatic carbocycles. The van der Waals surface area contributed by atoms with Crippen LogP contribution in [0.15, 0.2) is 42.5 Å². The number of carbonyl (C=O) groups excluding carboxylic acids is 1. The van der Waals surface area contributed by atoms with Crippen molar-refractivity contribution in [2.45, 2.75) is 51.7 Å². The molecular weight excluding hydrogens is 376 g/mol. The molecule has 0 aliphatic heterocycles. The highest BCUT2D eigenvalue weighted by molar-refractivity contribution is 6.29. The zero-order valence-electron chi connectivity index (χ0n) is 16.5. The molecule has 1 amide bonds. The number of fused-ring (bicyclic) bond motifs is 1. The van der Waals surface area contributed by atoms with Gasteiger partial charge in [0.1, 0.15) is 10.7 Å². The molecule has 3 aromatic rings. The molecular formula is C21H25ClN4O2. The summed E-state index contributed by atoms with van der Waals surface area (Å²) in [4.78, 5) is 21.7. The van der Waals surface area contributed by atoms with Crippen LogP contribution >= 0.6 is 11.6 Å². The lowest BCUT2D eigenvalue weighted by atomic mass is 9.87. The van der Waals surface area contributed by atoms with Crippen molar-refractivity contribution in [1.29, 1.82) is 0 Å². The number of nitrogens with zero attached hydrogens (tertiary/aromatic N) is 3. The van der Waals surface area contributed by atoms with Crippen molar-refractivity contribution in [2.24, 2.45) is 0 Å². The van der Waals surface area contributed by atoms with Gasteiger partial charge in [-0.1, -0.05) is 48.9 Å². The number of aliphatic hydroxyl groups is 1. The number of hydrogen-bond donors (Lipinski definition) is 2. The van der Waals surface area contributed by atoms with E-state index >= 15 is 0 Å². The fourth-order valence-corrected chi connectivity index (χ4v) is 3.41. The van der Waals surface area contributed by atoms with Crippen LogP contribution < -0.4 is 5.32 Å². The quantitative estimate of drug-likeness (QED) is 0.619. The SMILES string of the molecule is CCC(O)(CC(=O)Nc1nc2ccc(Cl)nc2n1C(C)(C)C)c1ccccc1. The van der Waals surface area contributed by atoms with Crippen LogP contribution in [0.3, 0.4) is 0 Å². The number of amides is 1. The molecule has 148 valence electrons. The molecule has 0 fully saturated rings. The maximum atomic E-state index is 12.8. The molecule has 2 aromatic heterocycles. The van der Waals surface area contributed by atoms with E-state index in [2.05, 4.69) is 15.3 Å². The molecule has 28 heavy (non-hydrogen) atoms. The number of hydrogen-bond acceptors (Lipinski definition) is 4. The van der Waals surface area contributed by atoms with Crippen molar-refractivity contribution >= 4 is 34.6 Å². The van der Waals surface area contributed by atoms with Crippen LogP contribution in [0.1, 0.15) is 46.1 Å². The number of imidazole rings is 1. The lowest BCUT2D eigenvalue weighted by molar-refractivity contribution is -0.121. The number of nitrogens with one attached hydrogen (secondary N) is 1. The molecule has 6 nitrogen and oxygen atoms in total. The van der Waals surface area contributed by atoms with Crippen molar-refractivity contribution in [1.82, 2.24) is 14.5 Å². The summed E-state index contributed by atoms with van der Waals surface area (Å²) >= 11 is 6.06. The smallest absolute Gasteiger partial charge is 0.229 e. The second-order valence-electron chi connectivity index (χ2n) is 7.89. The fraction of sp³-hybridized carbons (Fsp3) is 0.381. The van der Waals surface area contributed by atoms with Gasteiger partial charge in [-0.3, -0.25) is 14.7 Å². The minimum absolute atomic E-state index is 0.0744. The lowest BCUT2D eigenvalue weighted by Gasteiger charge is -2.27. The first-order chi connectivity index (χ1) is 13.1. The van der Waals surface area contributed by atoms with E-state index in [1.54, 1.807) is 12.1 Å². The molecule has 2 N–H and O–H groups in total. The lowest BCUT2D eigenvalue weighted by Crippen LogP contribution is -2.32. The monoisotopic (exact) mass is 400 g/mol. The first-order valence-electron chi connectivity index (χ1n) is 9.27. The fourth-order valence-electron chi connectivity index (χ4n) is 3.27. The summed E-state index contributed by atoms with van der Waals surface area (Å²) in [6.07, 6.45) is 0.340. The molecule has 0 aliphatic rings. The summed E-state index contributed by atoms with van der Waals surface area (Å²) in [6, 6.07) is 12.7. The summed E-state index contributed by atoms with van der Waals surface area (Å²) in [5.41, 5.74) is 0.332. The summed E-state index contributed by atoms with van der Waals surface area (Å²) in [5.74, 6) is 0.0638. The molecule has 0 saturated heterocycles. The highest BCUT2D eigenvalue weighted by Crippen LogP contribution is 2.31. The molecule has 2 heterocycles. The van der Waals surface area contributed by atoms with Crippen LogP contribution in [0, 0.1) is 0 Å². The Kier molecular flexibility index (Phi) is 5.46. The molecule has 0 bridgehead atoms. The van der Waals surface area contributed by atoms with Crippen LogP contribution in [-0.4, -0.2) is 25.5 Å². The maximum absolute atomic E-state index is 12.8. The van der Waals surface area contributed by atoms with Gasteiger partial charge in [-0.05, 0) is 44.9 Å². The number of halogens is 1. The van der Waals surface area contributed by atoms with Crippen molar-refractivity contribution < 1.29 is 9.90 Å². The van der Waals surface area contributed by atoms with Gasteiger partial charge in [0.2, 0.25) is 11.9 Å². The molecule has 0 radical (unpaired) electrons. The largest absolute Gasteiger partial charge is 0.385 e. The highest BCUT2D eigenvalue weighted by Gasteiger charge is 2.31. The van der Waals surface area contributed by atoms with E-state index in [4.69, 9.17) is 11.6 Å². The van der Waals surface area contributed by atoms with Gasteiger partial charge in [-0.15, -0.1) is 0 Å². The Bertz CT molecular complexity index is 995. The zero-order chi connectivity index (χ0) is 20.5. The van der Waals surface area contributed by atoms with Gasteiger partial charge in [-0.2, -0.15) is 0 Å². The minimum Gasteiger partial charge on any atom is -0.385 e. The Morgan fingerprint density at radius 2 is 1.82 bits per heavy atom. The summed E-state index contributed by atoms with van der Waals surface area (Å²) in [6.45, 7) is 7.85. The van der Waals surface area contributed by atoms with Crippen LogP contribution in [0.25, 0.3) is 11.2 Å². The normalized spacial score (nSPS) is 14.1. The van der Waals surface area contributed by atoms with Crippen LogP contribution in [0.2, 0.25) is 5.15 Å². The molecule has 1 atom stereocenters. The molecule has 7 heteroatoms. The Morgan fingerprint density at radius 3 is 2.43 bits per heavy atom. The first-order valence-corrected chi connectivity index (χ1v) is 9.65. The Balaban J connectivity index is 1.93. The van der Waals surface area contributed by atoms with Crippen LogP contribution in [0.4, 0.5) is 5.95 Å². The average molecular weight is 401 g/mol. The molecule has 3 rings (SSSR count). The van der Waals surface area contributed by atoms with Crippen molar-refractivity contribution in [3.05, 3.63) is 53.2 Å². The molecule has 0 saturated carbocycles. The van der Waals surface area contributed by atoms with Gasteiger partial charge >= 0.3 is 0 Å². The van der Waals surface area contributed by atoms with E-state index in [9.17, 15) is 9.90 Å². The van der Waals surface area contributed by atoms with Gasteiger partial charge in [0, 0.05) is 5.54 Å². The second kappa shape index (κ2) is 7.53. The number of pyridine rings is 1. The second-order valence-corrected chi connectivity index (χ2v) is 8.28. The standard InChI is InChI=1S/C21H25ClN4O2/c1-5-21(28,14-9-7-6-8-10-14)13-17(27)25-19-23-15-11-12-16(22)24-18(15)26(19)20(2,3)4/h6-12,28H,5,13H2,1-4H3,(H,23,25,27). The minimum atomic E-state index is -1.24. The van der Waals surface area contributed by atoms with E-state index in [0.29, 0.717) is 34.2 Å². The Labute approximate surface area is 169 Å². The Hall–Kier alpha value is -2.44. The summed E-state index contributed by atoms with van der Waals surface area (Å²) in [7, 11) is 0. The summed E-state index contributed by atoms with van der Waals surface area (Å²) in [5, 5.41) is 14.2. The third kappa shape index (κ3) is 4.03. The predicted octanol–water partition coefficient (Wildman–Crippen LogP) is 4.47. The van der Waals surface area contributed by atoms with Crippen LogP contribution in [0.5, 0.6) is 0 Å². The predicted molar refractivity (Wildman–Crippen MR) is 111 cm³/mol. The van der Waals surface area contributed by atoms with Crippen LogP contribution in [-0.2, 0) is 15.9 Å². The Morgan fingerprint density at radius 1 is 1.14 bits per heavy atom. The van der Waals surface area contributed by atoms with Gasteiger partial charge in [-0.25, -0.2) is 9.97 Å². The molecule has 1 unspecified atom stereocenters. The molecule has 0 aliphatic carbocycles. The third-order valence-corrected chi connectivity index (χ3v) is 4.95. The number of carbonyl (C=O) groups is 1.